The van der Waals surface area contributed by atoms with Gasteiger partial charge in [0, 0.05) is 24.5 Å². The molecule has 0 aliphatic carbocycles. The molecular formula is C13H14ClFN2O2. The van der Waals surface area contributed by atoms with Crippen LogP contribution in [-0.4, -0.2) is 21.9 Å². The predicted octanol–water partition coefficient (Wildman–Crippen LogP) is 2.77. The van der Waals surface area contributed by atoms with Crippen LogP contribution in [0.4, 0.5) is 4.39 Å². The van der Waals surface area contributed by atoms with Gasteiger partial charge in [-0.3, -0.25) is 0 Å². The first kappa shape index (κ1) is 14.0. The molecule has 4 nitrogen and oxygen atoms in total. The standard InChI is InChI=1S/C13H14ClFN2O2/c14-11-8-10(15)5-4-9(11)7-12-16-13(19-17-12)3-1-2-6-18/h4-5,8,18H,1-3,6-7H2. The third-order valence-electron chi connectivity index (χ3n) is 2.67. The average molecular weight is 285 g/mol. The third-order valence-corrected chi connectivity index (χ3v) is 3.02. The van der Waals surface area contributed by atoms with Crippen LogP contribution in [0.3, 0.4) is 0 Å². The molecule has 0 amide bonds. The molecule has 1 N–H and O–H groups in total. The summed E-state index contributed by atoms with van der Waals surface area (Å²) in [5.41, 5.74) is 0.755. The zero-order chi connectivity index (χ0) is 13.7. The van der Waals surface area contributed by atoms with Crippen molar-refractivity contribution in [3.8, 4) is 0 Å². The van der Waals surface area contributed by atoms with Crippen molar-refractivity contribution in [2.45, 2.75) is 25.7 Å². The molecule has 0 aliphatic rings. The second kappa shape index (κ2) is 6.63. The van der Waals surface area contributed by atoms with Gasteiger partial charge in [0.2, 0.25) is 5.89 Å². The lowest BCUT2D eigenvalue weighted by Crippen LogP contribution is -1.94. The van der Waals surface area contributed by atoms with E-state index in [2.05, 4.69) is 10.1 Å². The first-order valence-corrected chi connectivity index (χ1v) is 6.43. The molecule has 1 aromatic heterocycles. The summed E-state index contributed by atoms with van der Waals surface area (Å²) in [4.78, 5) is 4.23. The number of aromatic nitrogens is 2. The van der Waals surface area contributed by atoms with Crippen molar-refractivity contribution in [2.75, 3.05) is 6.61 Å². The smallest absolute Gasteiger partial charge is 0.226 e. The van der Waals surface area contributed by atoms with Crippen LogP contribution in [0.2, 0.25) is 5.02 Å². The highest BCUT2D eigenvalue weighted by molar-refractivity contribution is 6.31. The molecule has 0 radical (unpaired) electrons. The molecule has 102 valence electrons. The fourth-order valence-electron chi connectivity index (χ4n) is 1.69. The van der Waals surface area contributed by atoms with Gasteiger partial charge in [0.05, 0.1) is 0 Å². The third kappa shape index (κ3) is 4.01. The summed E-state index contributed by atoms with van der Waals surface area (Å²) in [6.45, 7) is 0.159. The van der Waals surface area contributed by atoms with Gasteiger partial charge in [-0.2, -0.15) is 4.98 Å². The Kier molecular flexibility index (Phi) is 4.87. The number of aliphatic hydroxyl groups is 1. The minimum Gasteiger partial charge on any atom is -0.396 e. The Hall–Kier alpha value is -1.46. The van der Waals surface area contributed by atoms with E-state index in [4.69, 9.17) is 21.2 Å². The van der Waals surface area contributed by atoms with Crippen molar-refractivity contribution >= 4 is 11.6 Å². The quantitative estimate of drug-likeness (QED) is 0.829. The van der Waals surface area contributed by atoms with Gasteiger partial charge in [-0.15, -0.1) is 0 Å². The molecule has 2 aromatic rings. The molecule has 6 heteroatoms. The van der Waals surface area contributed by atoms with E-state index in [1.807, 2.05) is 0 Å². The summed E-state index contributed by atoms with van der Waals surface area (Å²) >= 11 is 5.93. The monoisotopic (exact) mass is 284 g/mol. The Balaban J connectivity index is 1.99. The number of benzene rings is 1. The topological polar surface area (TPSA) is 59.2 Å². The van der Waals surface area contributed by atoms with Crippen molar-refractivity contribution in [2.24, 2.45) is 0 Å². The normalized spacial score (nSPS) is 10.9. The maximum absolute atomic E-state index is 12.9. The molecule has 2 rings (SSSR count). The molecule has 1 aromatic carbocycles. The minimum absolute atomic E-state index is 0.159. The van der Waals surface area contributed by atoms with Crippen molar-refractivity contribution in [1.29, 1.82) is 0 Å². The number of unbranched alkanes of at least 4 members (excludes halogenated alkanes) is 1. The second-order valence-corrected chi connectivity index (χ2v) is 4.60. The highest BCUT2D eigenvalue weighted by atomic mass is 35.5. The molecular weight excluding hydrogens is 271 g/mol. The van der Waals surface area contributed by atoms with Gasteiger partial charge >= 0.3 is 0 Å². The van der Waals surface area contributed by atoms with Crippen LogP contribution < -0.4 is 0 Å². The SMILES string of the molecule is OCCCCc1nc(Cc2ccc(F)cc2Cl)no1. The van der Waals surface area contributed by atoms with E-state index in [9.17, 15) is 4.39 Å². The van der Waals surface area contributed by atoms with E-state index in [-0.39, 0.29) is 12.4 Å². The van der Waals surface area contributed by atoms with Crippen LogP contribution in [0.1, 0.15) is 30.1 Å². The lowest BCUT2D eigenvalue weighted by molar-refractivity contribution is 0.280. The summed E-state index contributed by atoms with van der Waals surface area (Å²) in [6.07, 6.45) is 2.56. The van der Waals surface area contributed by atoms with Crippen molar-refractivity contribution in [1.82, 2.24) is 10.1 Å². The van der Waals surface area contributed by atoms with E-state index >= 15 is 0 Å². The average Bonchev–Trinajstić information content (AvgIpc) is 2.81. The molecule has 0 spiro atoms. The number of aryl methyl sites for hydroxylation is 1. The number of aliphatic hydroxyl groups excluding tert-OH is 1. The molecule has 1 heterocycles. The number of rotatable bonds is 6. The van der Waals surface area contributed by atoms with Crippen LogP contribution in [0.25, 0.3) is 0 Å². The number of hydrogen-bond acceptors (Lipinski definition) is 4. The molecule has 0 fully saturated rings. The van der Waals surface area contributed by atoms with E-state index in [1.165, 1.54) is 12.1 Å². The van der Waals surface area contributed by atoms with Gasteiger partial charge in [0.25, 0.3) is 0 Å². The molecule has 19 heavy (non-hydrogen) atoms. The number of hydrogen-bond donors (Lipinski definition) is 1. The van der Waals surface area contributed by atoms with Crippen molar-refractivity contribution < 1.29 is 14.0 Å². The lowest BCUT2D eigenvalue weighted by Gasteiger charge is -2.00. The maximum atomic E-state index is 12.9. The molecule has 0 unspecified atom stereocenters. The van der Waals surface area contributed by atoms with Crippen LogP contribution >= 0.6 is 11.6 Å². The van der Waals surface area contributed by atoms with Gasteiger partial charge in [-0.05, 0) is 30.5 Å². The highest BCUT2D eigenvalue weighted by Crippen LogP contribution is 2.19. The van der Waals surface area contributed by atoms with Crippen LogP contribution in [0.15, 0.2) is 22.7 Å². The number of nitrogens with zero attached hydrogens (tertiary/aromatic N) is 2. The fraction of sp³-hybridized carbons (Fsp3) is 0.385. The minimum atomic E-state index is -0.369. The van der Waals surface area contributed by atoms with E-state index < -0.39 is 0 Å². The highest BCUT2D eigenvalue weighted by Gasteiger charge is 2.09. The zero-order valence-corrected chi connectivity index (χ0v) is 11.0. The van der Waals surface area contributed by atoms with Crippen LogP contribution in [-0.2, 0) is 12.8 Å². The van der Waals surface area contributed by atoms with E-state index in [1.54, 1.807) is 6.07 Å². The largest absolute Gasteiger partial charge is 0.396 e. The van der Waals surface area contributed by atoms with E-state index in [0.717, 1.165) is 12.0 Å². The number of halogens is 2. The molecule has 0 aliphatic heterocycles. The van der Waals surface area contributed by atoms with Gasteiger partial charge < -0.3 is 9.63 Å². The van der Waals surface area contributed by atoms with Crippen molar-refractivity contribution in [3.05, 3.63) is 46.3 Å². The Bertz CT molecular complexity index is 545. The Morgan fingerprint density at radius 1 is 1.32 bits per heavy atom. The van der Waals surface area contributed by atoms with Gasteiger partial charge in [0.15, 0.2) is 5.82 Å². The summed E-state index contributed by atoms with van der Waals surface area (Å²) in [7, 11) is 0. The van der Waals surface area contributed by atoms with Gasteiger partial charge in [0.1, 0.15) is 5.82 Å². The van der Waals surface area contributed by atoms with Gasteiger partial charge in [-0.1, -0.05) is 22.8 Å². The second-order valence-electron chi connectivity index (χ2n) is 4.20. The summed E-state index contributed by atoms with van der Waals surface area (Å²) in [5, 5.41) is 12.9. The predicted molar refractivity (Wildman–Crippen MR) is 68.5 cm³/mol. The van der Waals surface area contributed by atoms with Crippen LogP contribution in [0, 0.1) is 5.82 Å². The van der Waals surface area contributed by atoms with Gasteiger partial charge in [-0.25, -0.2) is 4.39 Å². The Labute approximate surface area is 115 Å². The molecule has 0 atom stereocenters. The lowest BCUT2D eigenvalue weighted by atomic mass is 10.1. The molecule has 0 saturated carbocycles. The summed E-state index contributed by atoms with van der Waals surface area (Å²) < 4.78 is 18.0. The van der Waals surface area contributed by atoms with Crippen LogP contribution in [0.5, 0.6) is 0 Å². The first-order valence-electron chi connectivity index (χ1n) is 6.05. The first-order chi connectivity index (χ1) is 9.19. The molecule has 0 bridgehead atoms. The maximum Gasteiger partial charge on any atom is 0.226 e. The zero-order valence-electron chi connectivity index (χ0n) is 10.3. The van der Waals surface area contributed by atoms with E-state index in [0.29, 0.717) is 36.0 Å². The summed E-state index contributed by atoms with van der Waals surface area (Å²) in [5.74, 6) is 0.695. The Morgan fingerprint density at radius 3 is 2.89 bits per heavy atom. The Morgan fingerprint density at radius 2 is 2.16 bits per heavy atom. The fourth-order valence-corrected chi connectivity index (χ4v) is 1.92. The molecule has 0 saturated heterocycles. The van der Waals surface area contributed by atoms with Crippen molar-refractivity contribution in [3.63, 3.8) is 0 Å². The summed E-state index contributed by atoms with van der Waals surface area (Å²) in [6, 6.07) is 4.22.